The molecule has 2 aromatic carbocycles. The van der Waals surface area contributed by atoms with E-state index in [2.05, 4.69) is 26.5 Å². The molecule has 124 valence electrons. The van der Waals surface area contributed by atoms with Crippen LogP contribution >= 0.6 is 15.9 Å². The number of carbonyl (C=O) groups is 2. The second-order valence-corrected chi connectivity index (χ2v) is 5.60. The van der Waals surface area contributed by atoms with Crippen molar-refractivity contribution in [2.45, 2.75) is 0 Å². The molecule has 0 heterocycles. The predicted octanol–water partition coefficient (Wildman–Crippen LogP) is 1.78. The third kappa shape index (κ3) is 5.10. The van der Waals surface area contributed by atoms with Gasteiger partial charge in [-0.3, -0.25) is 9.59 Å². The van der Waals surface area contributed by atoms with Crippen LogP contribution in [0, 0.1) is 0 Å². The lowest BCUT2D eigenvalue weighted by atomic mass is 10.2. The summed E-state index contributed by atoms with van der Waals surface area (Å²) >= 11 is 3.23. The number of primary amides is 1. The van der Waals surface area contributed by atoms with E-state index in [-0.39, 0.29) is 17.9 Å². The molecular formula is C16H14BrN3O4. The van der Waals surface area contributed by atoms with Crippen molar-refractivity contribution in [3.05, 3.63) is 58.1 Å². The van der Waals surface area contributed by atoms with Crippen molar-refractivity contribution in [3.63, 3.8) is 0 Å². The molecule has 0 saturated carbocycles. The third-order valence-corrected chi connectivity index (χ3v) is 3.34. The van der Waals surface area contributed by atoms with Crippen molar-refractivity contribution < 1.29 is 19.4 Å². The van der Waals surface area contributed by atoms with E-state index in [1.165, 1.54) is 18.3 Å². The van der Waals surface area contributed by atoms with Gasteiger partial charge in [-0.2, -0.15) is 5.10 Å². The van der Waals surface area contributed by atoms with Crippen LogP contribution in [0.15, 0.2) is 52.0 Å². The summed E-state index contributed by atoms with van der Waals surface area (Å²) in [6, 6.07) is 11.2. The topological polar surface area (TPSA) is 114 Å². The van der Waals surface area contributed by atoms with Gasteiger partial charge in [-0.1, -0.05) is 15.9 Å². The molecule has 0 aliphatic rings. The zero-order chi connectivity index (χ0) is 17.5. The fourth-order valence-corrected chi connectivity index (χ4v) is 2.08. The van der Waals surface area contributed by atoms with E-state index in [1.807, 2.05) is 0 Å². The molecule has 2 amide bonds. The van der Waals surface area contributed by atoms with E-state index >= 15 is 0 Å². The van der Waals surface area contributed by atoms with Crippen LogP contribution in [0.2, 0.25) is 0 Å². The van der Waals surface area contributed by atoms with Gasteiger partial charge in [0.1, 0.15) is 11.5 Å². The van der Waals surface area contributed by atoms with Gasteiger partial charge in [0.15, 0.2) is 6.61 Å². The van der Waals surface area contributed by atoms with Crippen LogP contribution in [0.4, 0.5) is 0 Å². The van der Waals surface area contributed by atoms with Crippen LogP contribution in [0.5, 0.6) is 11.5 Å². The highest BCUT2D eigenvalue weighted by Gasteiger charge is 2.10. The van der Waals surface area contributed by atoms with Crippen LogP contribution in [0.1, 0.15) is 15.9 Å². The van der Waals surface area contributed by atoms with Crippen molar-refractivity contribution in [2.24, 2.45) is 10.8 Å². The van der Waals surface area contributed by atoms with E-state index in [4.69, 9.17) is 10.5 Å². The number of nitrogens with one attached hydrogen (secondary N) is 1. The number of hydrogen-bond donors (Lipinski definition) is 3. The molecule has 0 spiro atoms. The minimum Gasteiger partial charge on any atom is -0.507 e. The fraction of sp³-hybridized carbons (Fsp3) is 0.0625. The van der Waals surface area contributed by atoms with Crippen LogP contribution in [0.25, 0.3) is 0 Å². The number of phenols is 1. The molecule has 2 rings (SSSR count). The highest BCUT2D eigenvalue weighted by Crippen LogP contribution is 2.21. The summed E-state index contributed by atoms with van der Waals surface area (Å²) in [5.41, 5.74) is 8.13. The van der Waals surface area contributed by atoms with Gasteiger partial charge >= 0.3 is 0 Å². The van der Waals surface area contributed by atoms with Crippen molar-refractivity contribution in [1.29, 1.82) is 0 Å². The first-order valence-corrected chi connectivity index (χ1v) is 7.58. The quantitative estimate of drug-likeness (QED) is 0.514. The third-order valence-electron chi connectivity index (χ3n) is 2.84. The smallest absolute Gasteiger partial charge is 0.275 e. The molecule has 0 saturated heterocycles. The number of ether oxygens (including phenoxy) is 1. The largest absolute Gasteiger partial charge is 0.507 e. The van der Waals surface area contributed by atoms with E-state index in [0.29, 0.717) is 15.8 Å². The number of phenolic OH excluding ortho intramolecular Hbond substituents is 1. The van der Waals surface area contributed by atoms with Crippen molar-refractivity contribution >= 4 is 34.0 Å². The van der Waals surface area contributed by atoms with Crippen molar-refractivity contribution in [2.75, 3.05) is 6.61 Å². The average Bonchev–Trinajstić information content (AvgIpc) is 2.56. The summed E-state index contributed by atoms with van der Waals surface area (Å²) in [6.45, 7) is -0.195. The summed E-state index contributed by atoms with van der Waals surface area (Å²) in [5.74, 6) is -0.735. The molecule has 7 nitrogen and oxygen atoms in total. The van der Waals surface area contributed by atoms with Gasteiger partial charge in [0.25, 0.3) is 11.8 Å². The van der Waals surface area contributed by atoms with E-state index < -0.39 is 11.8 Å². The van der Waals surface area contributed by atoms with Gasteiger partial charge < -0.3 is 15.6 Å². The summed E-state index contributed by atoms with van der Waals surface area (Å²) < 4.78 is 5.79. The number of carbonyl (C=O) groups excluding carboxylic acids is 2. The summed E-state index contributed by atoms with van der Waals surface area (Å²) in [7, 11) is 0. The monoisotopic (exact) mass is 391 g/mol. The van der Waals surface area contributed by atoms with E-state index in [9.17, 15) is 14.7 Å². The zero-order valence-corrected chi connectivity index (χ0v) is 14.0. The van der Waals surface area contributed by atoms with Gasteiger partial charge in [0.05, 0.1) is 11.8 Å². The average molecular weight is 392 g/mol. The minimum absolute atomic E-state index is 0.108. The number of amides is 2. The first-order chi connectivity index (χ1) is 11.5. The summed E-state index contributed by atoms with van der Waals surface area (Å²) in [4.78, 5) is 22.6. The Balaban J connectivity index is 1.95. The van der Waals surface area contributed by atoms with Crippen LogP contribution in [-0.4, -0.2) is 29.7 Å². The first kappa shape index (κ1) is 17.5. The molecule has 0 aromatic heterocycles. The minimum atomic E-state index is -0.556. The van der Waals surface area contributed by atoms with Crippen LogP contribution < -0.4 is 15.9 Å². The molecule has 2 aromatic rings. The Morgan fingerprint density at radius 2 is 1.96 bits per heavy atom. The van der Waals surface area contributed by atoms with Gasteiger partial charge in [-0.05, 0) is 48.0 Å². The second kappa shape index (κ2) is 8.11. The lowest BCUT2D eigenvalue weighted by molar-refractivity contribution is -0.119. The molecule has 0 atom stereocenters. The molecule has 4 N–H and O–H groups in total. The Labute approximate surface area is 146 Å². The van der Waals surface area contributed by atoms with Crippen molar-refractivity contribution in [1.82, 2.24) is 5.43 Å². The molecule has 24 heavy (non-hydrogen) atoms. The van der Waals surface area contributed by atoms with Crippen LogP contribution in [0.3, 0.4) is 0 Å². The second-order valence-electron chi connectivity index (χ2n) is 4.68. The van der Waals surface area contributed by atoms with Crippen molar-refractivity contribution in [3.8, 4) is 11.5 Å². The van der Waals surface area contributed by atoms with Crippen LogP contribution in [-0.2, 0) is 4.79 Å². The van der Waals surface area contributed by atoms with E-state index in [1.54, 1.807) is 30.3 Å². The van der Waals surface area contributed by atoms with Gasteiger partial charge in [-0.25, -0.2) is 5.43 Å². The Kier molecular flexibility index (Phi) is 5.91. The molecule has 0 fully saturated rings. The highest BCUT2D eigenvalue weighted by atomic mass is 79.9. The molecule has 0 aliphatic carbocycles. The van der Waals surface area contributed by atoms with E-state index in [0.717, 1.165) is 0 Å². The molecular weight excluding hydrogens is 378 g/mol. The Morgan fingerprint density at radius 1 is 1.25 bits per heavy atom. The SMILES string of the molecule is NC(=O)COc1ccc(/C=N\NC(=O)c2cc(Br)ccc2O)cc1. The normalized spacial score (nSPS) is 10.5. The Morgan fingerprint density at radius 3 is 2.62 bits per heavy atom. The van der Waals surface area contributed by atoms with Gasteiger partial charge in [0.2, 0.25) is 0 Å². The maximum atomic E-state index is 11.9. The van der Waals surface area contributed by atoms with Gasteiger partial charge in [0, 0.05) is 4.47 Å². The lowest BCUT2D eigenvalue weighted by Gasteiger charge is -2.04. The highest BCUT2D eigenvalue weighted by molar-refractivity contribution is 9.10. The number of aromatic hydroxyl groups is 1. The zero-order valence-electron chi connectivity index (χ0n) is 12.4. The summed E-state index contributed by atoms with van der Waals surface area (Å²) in [5, 5.41) is 13.5. The Hall–Kier alpha value is -2.87. The molecule has 0 aliphatic heterocycles. The number of hydrazone groups is 1. The number of halogens is 1. The Bertz CT molecular complexity index is 775. The number of rotatable bonds is 6. The maximum Gasteiger partial charge on any atom is 0.275 e. The van der Waals surface area contributed by atoms with Gasteiger partial charge in [-0.15, -0.1) is 0 Å². The fourth-order valence-electron chi connectivity index (χ4n) is 1.72. The summed E-state index contributed by atoms with van der Waals surface area (Å²) in [6.07, 6.45) is 1.44. The first-order valence-electron chi connectivity index (χ1n) is 6.79. The molecule has 0 radical (unpaired) electrons. The molecule has 8 heteroatoms. The number of nitrogens with two attached hydrogens (primary N) is 1. The predicted molar refractivity (Wildman–Crippen MR) is 92.0 cm³/mol. The standard InChI is InChI=1S/C16H14BrN3O4/c17-11-3-6-14(21)13(7-11)16(23)20-19-8-10-1-4-12(5-2-10)24-9-15(18)22/h1-8,21H,9H2,(H2,18,22)(H,20,23)/b19-8-. The molecule has 0 unspecified atom stereocenters. The number of hydrogen-bond acceptors (Lipinski definition) is 5. The maximum absolute atomic E-state index is 11.9. The lowest BCUT2D eigenvalue weighted by Crippen LogP contribution is -2.20. The number of benzene rings is 2. The number of nitrogens with zero attached hydrogens (tertiary/aromatic N) is 1. The molecule has 0 bridgehead atoms.